The van der Waals surface area contributed by atoms with Crippen LogP contribution >= 0.6 is 15.9 Å². The molecule has 2 N–H and O–H groups in total. The zero-order valence-electron chi connectivity index (χ0n) is 9.04. The molecular formula is C11H11BrFNO3. The summed E-state index contributed by atoms with van der Waals surface area (Å²) in [5.41, 5.74) is 0.155. The molecule has 0 aliphatic rings. The number of halogens is 2. The molecule has 4 nitrogen and oxygen atoms in total. The van der Waals surface area contributed by atoms with Crippen LogP contribution in [-0.2, 0) is 4.79 Å². The maximum absolute atomic E-state index is 13.2. The molecule has 1 rings (SSSR count). The molecule has 0 saturated heterocycles. The lowest BCUT2D eigenvalue weighted by Gasteiger charge is -2.11. The molecule has 0 aliphatic heterocycles. The smallest absolute Gasteiger partial charge is 0.305 e. The van der Waals surface area contributed by atoms with E-state index in [4.69, 9.17) is 5.11 Å². The van der Waals surface area contributed by atoms with Crippen LogP contribution in [0.4, 0.5) is 4.39 Å². The first-order valence-electron chi connectivity index (χ1n) is 4.88. The first-order chi connectivity index (χ1) is 7.90. The van der Waals surface area contributed by atoms with Gasteiger partial charge in [-0.25, -0.2) is 4.39 Å². The molecule has 1 amide bonds. The first kappa shape index (κ1) is 13.6. The van der Waals surface area contributed by atoms with Crippen molar-refractivity contribution in [3.05, 3.63) is 34.1 Å². The molecule has 1 atom stereocenters. The molecule has 0 aliphatic carbocycles. The Morgan fingerprint density at radius 1 is 1.53 bits per heavy atom. The van der Waals surface area contributed by atoms with Crippen LogP contribution in [0.5, 0.6) is 0 Å². The van der Waals surface area contributed by atoms with Crippen molar-refractivity contribution in [2.75, 3.05) is 0 Å². The van der Waals surface area contributed by atoms with E-state index in [0.717, 1.165) is 6.07 Å². The highest BCUT2D eigenvalue weighted by molar-refractivity contribution is 9.10. The van der Waals surface area contributed by atoms with E-state index < -0.39 is 23.7 Å². The second kappa shape index (κ2) is 5.77. The number of carbonyl (C=O) groups is 2. The Morgan fingerprint density at radius 2 is 2.18 bits per heavy atom. The summed E-state index contributed by atoms with van der Waals surface area (Å²) in [4.78, 5) is 22.0. The van der Waals surface area contributed by atoms with E-state index >= 15 is 0 Å². The average molecular weight is 304 g/mol. The number of carbonyl (C=O) groups excluding carboxylic acids is 1. The summed E-state index contributed by atoms with van der Waals surface area (Å²) in [5.74, 6) is -2.03. The van der Waals surface area contributed by atoms with E-state index in [-0.39, 0.29) is 16.5 Å². The van der Waals surface area contributed by atoms with E-state index in [2.05, 4.69) is 21.2 Å². The lowest BCUT2D eigenvalue weighted by molar-refractivity contribution is -0.137. The van der Waals surface area contributed by atoms with Gasteiger partial charge in [0, 0.05) is 11.6 Å². The van der Waals surface area contributed by atoms with Crippen LogP contribution in [0, 0.1) is 5.82 Å². The van der Waals surface area contributed by atoms with Gasteiger partial charge in [-0.15, -0.1) is 0 Å². The molecule has 92 valence electrons. The molecule has 0 bridgehead atoms. The second-order valence-electron chi connectivity index (χ2n) is 3.60. The van der Waals surface area contributed by atoms with Gasteiger partial charge >= 0.3 is 5.97 Å². The van der Waals surface area contributed by atoms with Crippen molar-refractivity contribution in [3.8, 4) is 0 Å². The molecular weight excluding hydrogens is 293 g/mol. The van der Waals surface area contributed by atoms with Gasteiger partial charge in [0.1, 0.15) is 5.82 Å². The molecule has 0 spiro atoms. The predicted octanol–water partition coefficient (Wildman–Crippen LogP) is 2.18. The van der Waals surface area contributed by atoms with E-state index in [1.165, 1.54) is 12.1 Å². The molecule has 1 unspecified atom stereocenters. The third-order valence-corrected chi connectivity index (χ3v) is 2.68. The fourth-order valence-corrected chi connectivity index (χ4v) is 1.50. The summed E-state index contributed by atoms with van der Waals surface area (Å²) < 4.78 is 13.4. The molecule has 0 heterocycles. The largest absolute Gasteiger partial charge is 0.481 e. The number of aliphatic carboxylic acids is 1. The third kappa shape index (κ3) is 4.14. The highest BCUT2D eigenvalue weighted by Gasteiger charge is 2.13. The Labute approximate surface area is 106 Å². The SMILES string of the molecule is CC(CC(=O)O)NC(=O)c1ccc(Br)c(F)c1. The summed E-state index contributed by atoms with van der Waals surface area (Å²) in [6.45, 7) is 1.57. The van der Waals surface area contributed by atoms with Crippen LogP contribution in [0.2, 0.25) is 0 Å². The van der Waals surface area contributed by atoms with Gasteiger partial charge in [0.05, 0.1) is 10.9 Å². The predicted molar refractivity (Wildman–Crippen MR) is 63.3 cm³/mol. The standard InChI is InChI=1S/C11H11BrFNO3/c1-6(4-10(15)16)14-11(17)7-2-3-8(12)9(13)5-7/h2-3,5-6H,4H2,1H3,(H,14,17)(H,15,16). The van der Waals surface area contributed by atoms with Crippen molar-refractivity contribution in [1.29, 1.82) is 0 Å². The number of benzene rings is 1. The van der Waals surface area contributed by atoms with Crippen molar-refractivity contribution < 1.29 is 19.1 Å². The Balaban J connectivity index is 2.70. The number of carboxylic acids is 1. The molecule has 1 aromatic rings. The van der Waals surface area contributed by atoms with E-state index in [0.29, 0.717) is 0 Å². The minimum absolute atomic E-state index is 0.155. The topological polar surface area (TPSA) is 66.4 Å². The molecule has 1 aromatic carbocycles. The summed E-state index contributed by atoms with van der Waals surface area (Å²) in [6, 6.07) is 3.46. The molecule has 17 heavy (non-hydrogen) atoms. The van der Waals surface area contributed by atoms with Crippen molar-refractivity contribution in [2.45, 2.75) is 19.4 Å². The lowest BCUT2D eigenvalue weighted by Crippen LogP contribution is -2.34. The Kier molecular flexibility index (Phi) is 4.62. The summed E-state index contributed by atoms with van der Waals surface area (Å²) in [5, 5.41) is 11.0. The molecule has 0 fully saturated rings. The quantitative estimate of drug-likeness (QED) is 0.896. The lowest BCUT2D eigenvalue weighted by atomic mass is 10.1. The van der Waals surface area contributed by atoms with Crippen molar-refractivity contribution in [3.63, 3.8) is 0 Å². The molecule has 0 saturated carbocycles. The van der Waals surface area contributed by atoms with Gasteiger partial charge in [-0.05, 0) is 41.1 Å². The Hall–Kier alpha value is -1.43. The van der Waals surface area contributed by atoms with Crippen molar-refractivity contribution in [2.24, 2.45) is 0 Å². The van der Waals surface area contributed by atoms with Gasteiger partial charge in [-0.3, -0.25) is 9.59 Å². The first-order valence-corrected chi connectivity index (χ1v) is 5.67. The van der Waals surface area contributed by atoms with Crippen molar-refractivity contribution >= 4 is 27.8 Å². The minimum Gasteiger partial charge on any atom is -0.481 e. The van der Waals surface area contributed by atoms with Gasteiger partial charge in [0.15, 0.2) is 0 Å². The normalized spacial score (nSPS) is 11.9. The van der Waals surface area contributed by atoms with E-state index in [1.54, 1.807) is 6.92 Å². The fourth-order valence-electron chi connectivity index (χ4n) is 1.26. The summed E-state index contributed by atoms with van der Waals surface area (Å²) in [7, 11) is 0. The van der Waals surface area contributed by atoms with Crippen LogP contribution in [0.1, 0.15) is 23.7 Å². The van der Waals surface area contributed by atoms with E-state index in [1.807, 2.05) is 0 Å². The van der Waals surface area contributed by atoms with Crippen LogP contribution in [0.3, 0.4) is 0 Å². The van der Waals surface area contributed by atoms with Crippen LogP contribution in [0.25, 0.3) is 0 Å². The van der Waals surface area contributed by atoms with Gasteiger partial charge in [0.2, 0.25) is 0 Å². The van der Waals surface area contributed by atoms with Gasteiger partial charge in [-0.2, -0.15) is 0 Å². The summed E-state index contributed by atoms with van der Waals surface area (Å²) in [6.07, 6.45) is -0.176. The van der Waals surface area contributed by atoms with Crippen molar-refractivity contribution in [1.82, 2.24) is 5.32 Å². The fraction of sp³-hybridized carbons (Fsp3) is 0.273. The van der Waals surface area contributed by atoms with E-state index in [9.17, 15) is 14.0 Å². The van der Waals surface area contributed by atoms with Gasteiger partial charge in [0.25, 0.3) is 5.91 Å². The maximum atomic E-state index is 13.2. The summed E-state index contributed by atoms with van der Waals surface area (Å²) >= 11 is 2.98. The molecule has 6 heteroatoms. The number of rotatable bonds is 4. The second-order valence-corrected chi connectivity index (χ2v) is 4.46. The monoisotopic (exact) mass is 303 g/mol. The Morgan fingerprint density at radius 3 is 2.71 bits per heavy atom. The Bertz CT molecular complexity index is 450. The minimum atomic E-state index is -1.00. The van der Waals surface area contributed by atoms with Crippen LogP contribution in [-0.4, -0.2) is 23.0 Å². The zero-order valence-corrected chi connectivity index (χ0v) is 10.6. The molecule has 0 aromatic heterocycles. The number of nitrogens with one attached hydrogen (secondary N) is 1. The van der Waals surface area contributed by atoms with Crippen LogP contribution in [0.15, 0.2) is 22.7 Å². The number of amides is 1. The van der Waals surface area contributed by atoms with Gasteiger partial charge in [-0.1, -0.05) is 0 Å². The zero-order chi connectivity index (χ0) is 13.0. The highest BCUT2D eigenvalue weighted by Crippen LogP contribution is 2.16. The average Bonchev–Trinajstić information content (AvgIpc) is 2.20. The number of carboxylic acid groups (broad SMARTS) is 1. The maximum Gasteiger partial charge on any atom is 0.305 e. The highest BCUT2D eigenvalue weighted by atomic mass is 79.9. The van der Waals surface area contributed by atoms with Crippen LogP contribution < -0.4 is 5.32 Å². The molecule has 0 radical (unpaired) electrons. The third-order valence-electron chi connectivity index (χ3n) is 2.04. The number of hydrogen-bond acceptors (Lipinski definition) is 2. The number of hydrogen-bond donors (Lipinski definition) is 2. The van der Waals surface area contributed by atoms with Gasteiger partial charge < -0.3 is 10.4 Å².